The maximum absolute atomic E-state index is 13.8. The molecule has 50 heavy (non-hydrogen) atoms. The van der Waals surface area contributed by atoms with E-state index in [1.54, 1.807) is 13.0 Å². The van der Waals surface area contributed by atoms with Gasteiger partial charge in [0.05, 0.1) is 61.5 Å². The number of hydrogen-bond acceptors (Lipinski definition) is 12. The molecule has 3 aliphatic carbocycles. The van der Waals surface area contributed by atoms with Crippen LogP contribution in [0, 0.1) is 47.3 Å². The number of nitrogens with one attached hydrogen (secondary N) is 2. The van der Waals surface area contributed by atoms with Gasteiger partial charge in [0, 0.05) is 30.1 Å². The van der Waals surface area contributed by atoms with Crippen LogP contribution in [0.15, 0.2) is 34.4 Å². The Bertz CT molecular complexity index is 1470. The summed E-state index contributed by atoms with van der Waals surface area (Å²) in [5, 5.41) is 39.4. The first-order chi connectivity index (χ1) is 24.1. The molecule has 9 N–H and O–H groups in total. The second-order valence-corrected chi connectivity index (χ2v) is 16.7. The van der Waals surface area contributed by atoms with E-state index in [0.29, 0.717) is 24.7 Å². The number of esters is 1. The number of aliphatic hydroxyl groups is 3. The van der Waals surface area contributed by atoms with E-state index in [0.717, 1.165) is 45.2 Å². The van der Waals surface area contributed by atoms with Crippen LogP contribution < -0.4 is 22.1 Å². The van der Waals surface area contributed by atoms with Crippen molar-refractivity contribution in [2.24, 2.45) is 58.8 Å². The zero-order valence-corrected chi connectivity index (χ0v) is 29.3. The predicted octanol–water partition coefficient (Wildman–Crippen LogP) is 0.788. The average molecular weight is 697 g/mol. The molecular formula is C38H56N4O8. The zero-order chi connectivity index (χ0) is 35.1. The maximum atomic E-state index is 13.8. The molecule has 12 heteroatoms. The highest BCUT2D eigenvalue weighted by atomic mass is 16.6. The number of carbonyl (C=O) groups is 2. The first-order valence-electron chi connectivity index (χ1n) is 19.1. The summed E-state index contributed by atoms with van der Waals surface area (Å²) in [5.41, 5.74) is 16.6. The van der Waals surface area contributed by atoms with Gasteiger partial charge in [-0.3, -0.25) is 4.79 Å². The van der Waals surface area contributed by atoms with Crippen LogP contribution in [0.2, 0.25) is 0 Å². The highest BCUT2D eigenvalue weighted by Gasteiger charge is 2.65. The Morgan fingerprint density at radius 1 is 1.06 bits per heavy atom. The molecule has 276 valence electrons. The molecule has 5 heterocycles. The van der Waals surface area contributed by atoms with Crippen LogP contribution in [0.5, 0.6) is 0 Å². The molecule has 6 fully saturated rings. The number of carbonyl (C=O) groups excluding carboxylic acids is 2. The number of rotatable bonds is 4. The van der Waals surface area contributed by atoms with Crippen LogP contribution in [-0.4, -0.2) is 102 Å². The van der Waals surface area contributed by atoms with Crippen molar-refractivity contribution in [2.45, 2.75) is 114 Å². The zero-order valence-electron chi connectivity index (χ0n) is 29.3. The molecule has 5 aliphatic heterocycles. The van der Waals surface area contributed by atoms with Gasteiger partial charge in [0.25, 0.3) is 0 Å². The van der Waals surface area contributed by atoms with Gasteiger partial charge in [-0.15, -0.1) is 0 Å². The highest BCUT2D eigenvalue weighted by molar-refractivity contribution is 5.88. The van der Waals surface area contributed by atoms with Gasteiger partial charge in [-0.1, -0.05) is 17.7 Å². The normalized spacial score (nSPS) is 48.7. The minimum atomic E-state index is -1.06. The molecule has 8 rings (SSSR count). The standard InChI is InChI=1S/C38H56N4O8/c1-3-17(15-43)37(47)49-28-13-24-33(46)32-27(45)12-22(16-44)48-35(32)25-9-19-6-7-41-36(40)31(19)23-5-4-18-8-20-11-29(39)42-14-21(20)10-26(30(18)23)38(28,2)50-34(24)25/h3,5,19-22,24-26,28-29,31-36,41-44,46H,4,6-16,39-40H2,1-2H3. The first kappa shape index (κ1) is 35.1. The largest absolute Gasteiger partial charge is 0.456 e. The third kappa shape index (κ3) is 5.60. The van der Waals surface area contributed by atoms with Crippen LogP contribution >= 0.6 is 0 Å². The number of piperidine rings is 2. The van der Waals surface area contributed by atoms with E-state index < -0.39 is 60.5 Å². The molecule has 0 amide bonds. The van der Waals surface area contributed by atoms with Gasteiger partial charge in [-0.2, -0.15) is 0 Å². The van der Waals surface area contributed by atoms with Gasteiger partial charge in [-0.25, -0.2) is 4.79 Å². The summed E-state index contributed by atoms with van der Waals surface area (Å²) in [4.78, 5) is 27.5. The van der Waals surface area contributed by atoms with Crippen LogP contribution in [0.3, 0.4) is 0 Å². The lowest BCUT2D eigenvalue weighted by Crippen LogP contribution is -2.70. The predicted molar refractivity (Wildman–Crippen MR) is 183 cm³/mol. The number of Topliss-reactive ketones (excluding diaryl/α,β-unsaturated/α-hetero) is 1. The van der Waals surface area contributed by atoms with Crippen molar-refractivity contribution in [1.82, 2.24) is 10.6 Å². The van der Waals surface area contributed by atoms with E-state index in [2.05, 4.69) is 23.6 Å². The topological polar surface area (TPSA) is 199 Å². The molecule has 0 radical (unpaired) electrons. The molecule has 0 spiro atoms. The number of fused-ring (bicyclic) bond motifs is 7. The third-order valence-electron chi connectivity index (χ3n) is 14.3. The molecule has 0 aromatic carbocycles. The number of hydrogen-bond donors (Lipinski definition) is 7. The summed E-state index contributed by atoms with van der Waals surface area (Å²) < 4.78 is 20.5. The second kappa shape index (κ2) is 13.4. The minimum absolute atomic E-state index is 0.0170. The molecule has 0 aromatic heterocycles. The average Bonchev–Trinajstić information content (AvgIpc) is 3.40. The van der Waals surface area contributed by atoms with Crippen molar-refractivity contribution in [3.05, 3.63) is 34.4 Å². The van der Waals surface area contributed by atoms with Gasteiger partial charge in [-0.05, 0) is 101 Å². The Balaban J connectivity index is 1.30. The van der Waals surface area contributed by atoms with Crippen molar-refractivity contribution in [2.75, 3.05) is 26.3 Å². The fourth-order valence-corrected chi connectivity index (χ4v) is 11.8. The van der Waals surface area contributed by atoms with E-state index in [9.17, 15) is 24.9 Å². The Morgan fingerprint density at radius 2 is 1.88 bits per heavy atom. The summed E-state index contributed by atoms with van der Waals surface area (Å²) in [7, 11) is 0. The Labute approximate surface area is 294 Å². The molecule has 5 saturated heterocycles. The Hall–Kier alpha value is -2.00. The van der Waals surface area contributed by atoms with E-state index in [1.165, 1.54) is 16.7 Å². The molecule has 16 unspecified atom stereocenters. The van der Waals surface area contributed by atoms with E-state index >= 15 is 0 Å². The van der Waals surface area contributed by atoms with Gasteiger partial charge in [0.15, 0.2) is 0 Å². The van der Waals surface area contributed by atoms with Crippen LogP contribution in [0.25, 0.3) is 0 Å². The lowest BCUT2D eigenvalue weighted by molar-refractivity contribution is -0.294. The summed E-state index contributed by atoms with van der Waals surface area (Å²) >= 11 is 0. The number of ether oxygens (including phenoxy) is 3. The molecule has 16 atom stereocenters. The van der Waals surface area contributed by atoms with Crippen molar-refractivity contribution in [3.63, 3.8) is 0 Å². The molecule has 12 nitrogen and oxygen atoms in total. The third-order valence-corrected chi connectivity index (χ3v) is 14.3. The molecule has 8 aliphatic rings. The molecule has 0 aromatic rings. The Kier molecular flexibility index (Phi) is 9.43. The van der Waals surface area contributed by atoms with Crippen molar-refractivity contribution in [1.29, 1.82) is 0 Å². The smallest absolute Gasteiger partial charge is 0.336 e. The SMILES string of the molecule is CC=C(CO)C(=O)OC1CC2C(O)C3C(=O)CC(CO)OC3C3CC4CCNC(N)C4C4=CCC5=C4C(CC4CNC(N)CC4C5)C1(C)OC23. The van der Waals surface area contributed by atoms with Crippen LogP contribution in [0.4, 0.5) is 0 Å². The van der Waals surface area contributed by atoms with Crippen molar-refractivity contribution >= 4 is 11.8 Å². The number of ketones is 1. The lowest BCUT2D eigenvalue weighted by atomic mass is 9.57. The van der Waals surface area contributed by atoms with Gasteiger partial charge in [0.1, 0.15) is 17.5 Å². The molecular weight excluding hydrogens is 640 g/mol. The number of aliphatic hydroxyl groups excluding tert-OH is 3. The second-order valence-electron chi connectivity index (χ2n) is 16.7. The Morgan fingerprint density at radius 3 is 2.64 bits per heavy atom. The van der Waals surface area contributed by atoms with Gasteiger partial charge >= 0.3 is 5.97 Å². The molecule has 2 bridgehead atoms. The minimum Gasteiger partial charge on any atom is -0.456 e. The van der Waals surface area contributed by atoms with E-state index in [-0.39, 0.29) is 60.4 Å². The monoisotopic (exact) mass is 696 g/mol. The molecule has 1 saturated carbocycles. The summed E-state index contributed by atoms with van der Waals surface area (Å²) in [6.45, 7) is 4.63. The van der Waals surface area contributed by atoms with Gasteiger partial charge < -0.3 is 51.6 Å². The van der Waals surface area contributed by atoms with Gasteiger partial charge in [0.2, 0.25) is 0 Å². The highest BCUT2D eigenvalue weighted by Crippen LogP contribution is 2.60. The van der Waals surface area contributed by atoms with E-state index in [4.69, 9.17) is 25.7 Å². The lowest BCUT2D eigenvalue weighted by Gasteiger charge is -2.61. The van der Waals surface area contributed by atoms with Crippen molar-refractivity contribution in [3.8, 4) is 0 Å². The van der Waals surface area contributed by atoms with E-state index in [1.807, 2.05) is 0 Å². The van der Waals surface area contributed by atoms with Crippen molar-refractivity contribution < 1.29 is 39.1 Å². The number of nitrogens with two attached hydrogens (primary N) is 2. The first-order valence-corrected chi connectivity index (χ1v) is 19.1. The number of allylic oxidation sites excluding steroid dienone is 3. The summed E-state index contributed by atoms with van der Waals surface area (Å²) in [6.07, 6.45) is 5.53. The fourth-order valence-electron chi connectivity index (χ4n) is 11.8. The fraction of sp³-hybridized carbons (Fsp3) is 0.789. The quantitative estimate of drug-likeness (QED) is 0.161. The maximum Gasteiger partial charge on any atom is 0.336 e. The van der Waals surface area contributed by atoms with Crippen LogP contribution in [0.1, 0.15) is 65.2 Å². The van der Waals surface area contributed by atoms with Crippen LogP contribution in [-0.2, 0) is 23.8 Å². The summed E-state index contributed by atoms with van der Waals surface area (Å²) in [5.74, 6) is -1.43. The summed E-state index contributed by atoms with van der Waals surface area (Å²) in [6, 6.07) is 0.